The van der Waals surface area contributed by atoms with Crippen LogP contribution >= 0.6 is 0 Å². The van der Waals surface area contributed by atoms with Crippen LogP contribution in [0.3, 0.4) is 0 Å². The molecular weight excluding hydrogens is 264 g/mol. The Kier molecular flexibility index (Phi) is 3.26. The summed E-state index contributed by atoms with van der Waals surface area (Å²) in [6.45, 7) is 3.60. The van der Waals surface area contributed by atoms with E-state index in [9.17, 15) is 9.90 Å². The Labute approximate surface area is 122 Å². The molecule has 3 heteroatoms. The first-order valence-corrected chi connectivity index (χ1v) is 6.86. The van der Waals surface area contributed by atoms with Crippen molar-refractivity contribution in [3.05, 3.63) is 75.1 Å². The second kappa shape index (κ2) is 5.09. The normalized spacial score (nSPS) is 11.0. The van der Waals surface area contributed by atoms with Crippen LogP contribution in [-0.4, -0.2) is 5.11 Å². The third-order valence-electron chi connectivity index (χ3n) is 3.71. The van der Waals surface area contributed by atoms with Gasteiger partial charge in [0.25, 0.3) is 0 Å². The molecule has 0 atom stereocenters. The molecule has 1 N–H and O–H groups in total. The van der Waals surface area contributed by atoms with Crippen molar-refractivity contribution in [2.45, 2.75) is 20.3 Å². The van der Waals surface area contributed by atoms with Crippen molar-refractivity contribution < 1.29 is 9.52 Å². The van der Waals surface area contributed by atoms with Crippen LogP contribution in [0.5, 0.6) is 5.75 Å². The smallest absolute Gasteiger partial charge is 0.339 e. The van der Waals surface area contributed by atoms with Crippen LogP contribution in [0.1, 0.15) is 22.3 Å². The molecule has 2 aromatic carbocycles. The summed E-state index contributed by atoms with van der Waals surface area (Å²) in [6.07, 6.45) is 0.589. The number of fused-ring (bicyclic) bond motifs is 1. The van der Waals surface area contributed by atoms with Crippen LogP contribution < -0.4 is 5.63 Å². The lowest BCUT2D eigenvalue weighted by atomic mass is 9.97. The molecule has 0 amide bonds. The molecule has 1 aromatic heterocycles. The maximum absolute atomic E-state index is 12.0. The summed E-state index contributed by atoms with van der Waals surface area (Å²) >= 11 is 0. The molecule has 3 aromatic rings. The minimum atomic E-state index is -0.349. The van der Waals surface area contributed by atoms with Crippen molar-refractivity contribution >= 4 is 11.0 Å². The van der Waals surface area contributed by atoms with Crippen LogP contribution in [0.4, 0.5) is 0 Å². The van der Waals surface area contributed by atoms with Gasteiger partial charge in [-0.05, 0) is 49.1 Å². The molecule has 0 radical (unpaired) electrons. The Balaban J connectivity index is 2.30. The van der Waals surface area contributed by atoms with Gasteiger partial charge >= 0.3 is 5.63 Å². The molecule has 0 bridgehead atoms. The maximum atomic E-state index is 12.0. The van der Waals surface area contributed by atoms with Gasteiger partial charge in [0, 0.05) is 5.56 Å². The van der Waals surface area contributed by atoms with Crippen molar-refractivity contribution in [1.82, 2.24) is 0 Å². The van der Waals surface area contributed by atoms with Gasteiger partial charge < -0.3 is 9.52 Å². The second-order valence-corrected chi connectivity index (χ2v) is 5.31. The topological polar surface area (TPSA) is 50.4 Å². The Morgan fingerprint density at radius 2 is 1.81 bits per heavy atom. The van der Waals surface area contributed by atoms with E-state index in [1.807, 2.05) is 37.3 Å². The molecule has 3 nitrogen and oxygen atoms in total. The molecule has 0 aliphatic heterocycles. The first-order chi connectivity index (χ1) is 10.1. The molecule has 0 aliphatic carbocycles. The van der Waals surface area contributed by atoms with Crippen LogP contribution in [-0.2, 0) is 6.42 Å². The number of hydrogen-bond acceptors (Lipinski definition) is 3. The van der Waals surface area contributed by atoms with Gasteiger partial charge in [-0.25, -0.2) is 4.79 Å². The zero-order valence-corrected chi connectivity index (χ0v) is 12.0. The number of rotatable bonds is 2. The van der Waals surface area contributed by atoms with E-state index in [0.717, 1.165) is 16.7 Å². The Morgan fingerprint density at radius 1 is 1.10 bits per heavy atom. The average Bonchev–Trinajstić information content (AvgIpc) is 2.44. The maximum Gasteiger partial charge on any atom is 0.339 e. The van der Waals surface area contributed by atoms with Gasteiger partial charge in [-0.1, -0.05) is 30.3 Å². The largest absolute Gasteiger partial charge is 0.507 e. The van der Waals surface area contributed by atoms with E-state index in [0.29, 0.717) is 23.0 Å². The van der Waals surface area contributed by atoms with Crippen molar-refractivity contribution in [2.75, 3.05) is 0 Å². The highest BCUT2D eigenvalue weighted by molar-refractivity contribution is 5.88. The van der Waals surface area contributed by atoms with Gasteiger partial charge in [0.1, 0.15) is 11.3 Å². The first kappa shape index (κ1) is 13.4. The summed E-state index contributed by atoms with van der Waals surface area (Å²) in [7, 11) is 0. The predicted octanol–water partition coefficient (Wildman–Crippen LogP) is 3.71. The molecule has 0 aliphatic rings. The average molecular weight is 280 g/mol. The minimum Gasteiger partial charge on any atom is -0.507 e. The molecule has 0 saturated heterocycles. The van der Waals surface area contributed by atoms with E-state index in [4.69, 9.17) is 4.42 Å². The SMILES string of the molecule is Cc1cc(O)c2c(Cc3ccccc3)c(C)c(=O)oc2c1. The fourth-order valence-electron chi connectivity index (χ4n) is 2.63. The number of aromatic hydroxyl groups is 1. The summed E-state index contributed by atoms with van der Waals surface area (Å²) < 4.78 is 5.32. The Bertz CT molecular complexity index is 861. The van der Waals surface area contributed by atoms with E-state index in [-0.39, 0.29) is 11.4 Å². The molecule has 0 spiro atoms. The van der Waals surface area contributed by atoms with Crippen molar-refractivity contribution in [2.24, 2.45) is 0 Å². The Hall–Kier alpha value is -2.55. The molecule has 0 fully saturated rings. The van der Waals surface area contributed by atoms with Gasteiger partial charge in [-0.15, -0.1) is 0 Å². The summed E-state index contributed by atoms with van der Waals surface area (Å²) in [5.41, 5.74) is 3.41. The van der Waals surface area contributed by atoms with Gasteiger partial charge in [-0.3, -0.25) is 0 Å². The van der Waals surface area contributed by atoms with Crippen molar-refractivity contribution in [1.29, 1.82) is 0 Å². The minimum absolute atomic E-state index is 0.155. The lowest BCUT2D eigenvalue weighted by Gasteiger charge is -2.11. The van der Waals surface area contributed by atoms with Crippen LogP contribution in [0.2, 0.25) is 0 Å². The van der Waals surface area contributed by atoms with Gasteiger partial charge in [0.05, 0.1) is 5.39 Å². The number of hydrogen-bond donors (Lipinski definition) is 1. The quantitative estimate of drug-likeness (QED) is 0.728. The summed E-state index contributed by atoms with van der Waals surface area (Å²) in [6, 6.07) is 13.4. The number of aryl methyl sites for hydroxylation is 1. The molecular formula is C18H16O3. The van der Waals surface area contributed by atoms with E-state index < -0.39 is 0 Å². The van der Waals surface area contributed by atoms with Crippen molar-refractivity contribution in [3.8, 4) is 5.75 Å². The fourth-order valence-corrected chi connectivity index (χ4v) is 2.63. The van der Waals surface area contributed by atoms with E-state index >= 15 is 0 Å². The zero-order chi connectivity index (χ0) is 15.0. The predicted molar refractivity (Wildman–Crippen MR) is 82.9 cm³/mol. The summed E-state index contributed by atoms with van der Waals surface area (Å²) in [5.74, 6) is 0.155. The van der Waals surface area contributed by atoms with Crippen LogP contribution in [0, 0.1) is 13.8 Å². The lowest BCUT2D eigenvalue weighted by Crippen LogP contribution is -2.08. The van der Waals surface area contributed by atoms with E-state index in [2.05, 4.69) is 0 Å². The molecule has 0 unspecified atom stereocenters. The highest BCUT2D eigenvalue weighted by Gasteiger charge is 2.15. The second-order valence-electron chi connectivity index (χ2n) is 5.31. The van der Waals surface area contributed by atoms with Crippen LogP contribution in [0.25, 0.3) is 11.0 Å². The van der Waals surface area contributed by atoms with Gasteiger partial charge in [0.15, 0.2) is 0 Å². The standard InChI is InChI=1S/C18H16O3/c1-11-8-15(19)17-14(10-13-6-4-3-5-7-13)12(2)18(20)21-16(17)9-11/h3-9,19H,10H2,1-2H3. The molecule has 1 heterocycles. The number of benzene rings is 2. The van der Waals surface area contributed by atoms with Gasteiger partial charge in [0.2, 0.25) is 0 Å². The van der Waals surface area contributed by atoms with Gasteiger partial charge in [-0.2, -0.15) is 0 Å². The van der Waals surface area contributed by atoms with E-state index in [1.165, 1.54) is 0 Å². The van der Waals surface area contributed by atoms with Crippen molar-refractivity contribution in [3.63, 3.8) is 0 Å². The molecule has 3 rings (SSSR count). The Morgan fingerprint density at radius 3 is 2.52 bits per heavy atom. The highest BCUT2D eigenvalue weighted by Crippen LogP contribution is 2.31. The van der Waals surface area contributed by atoms with Crippen LogP contribution in [0.15, 0.2) is 51.7 Å². The lowest BCUT2D eigenvalue weighted by molar-refractivity contribution is 0.477. The number of phenolic OH excluding ortho intramolecular Hbond substituents is 1. The summed E-state index contributed by atoms with van der Waals surface area (Å²) in [4.78, 5) is 12.0. The highest BCUT2D eigenvalue weighted by atomic mass is 16.4. The molecule has 0 saturated carbocycles. The zero-order valence-electron chi connectivity index (χ0n) is 12.0. The molecule has 106 valence electrons. The number of phenols is 1. The summed E-state index contributed by atoms with van der Waals surface area (Å²) in [5, 5.41) is 10.9. The fraction of sp³-hybridized carbons (Fsp3) is 0.167. The first-order valence-electron chi connectivity index (χ1n) is 6.86. The third-order valence-corrected chi connectivity index (χ3v) is 3.71. The van der Waals surface area contributed by atoms with E-state index in [1.54, 1.807) is 19.1 Å². The third kappa shape index (κ3) is 2.42. The molecule has 21 heavy (non-hydrogen) atoms. The monoisotopic (exact) mass is 280 g/mol.